The van der Waals surface area contributed by atoms with E-state index in [0.717, 1.165) is 0 Å². The highest BCUT2D eigenvalue weighted by Gasteiger charge is 2.24. The highest BCUT2D eigenvalue weighted by molar-refractivity contribution is 6.06. The number of aliphatic carboxylic acids is 1. The third-order valence-corrected chi connectivity index (χ3v) is 4.38. The average molecular weight is 388 g/mol. The Morgan fingerprint density at radius 3 is 2.61 bits per heavy atom. The van der Waals surface area contributed by atoms with Gasteiger partial charge < -0.3 is 10.4 Å². The third kappa shape index (κ3) is 4.19. The fraction of sp³-hybridized carbons (Fsp3) is 0.421. The molecule has 0 radical (unpaired) electrons. The first-order valence-electron chi connectivity index (χ1n) is 9.03. The molecule has 3 N–H and O–H groups in total. The van der Waals surface area contributed by atoms with E-state index in [9.17, 15) is 24.3 Å². The predicted octanol–water partition coefficient (Wildman–Crippen LogP) is 1.38. The Bertz CT molecular complexity index is 1040. The summed E-state index contributed by atoms with van der Waals surface area (Å²) < 4.78 is 1.27. The van der Waals surface area contributed by atoms with Crippen molar-refractivity contribution < 1.29 is 14.7 Å². The van der Waals surface area contributed by atoms with Crippen LogP contribution in [-0.2, 0) is 11.3 Å². The lowest BCUT2D eigenvalue weighted by atomic mass is 10.0. The van der Waals surface area contributed by atoms with Gasteiger partial charge in [-0.3, -0.25) is 19.1 Å². The lowest BCUT2D eigenvalue weighted by Gasteiger charge is -2.17. The lowest BCUT2D eigenvalue weighted by Crippen LogP contribution is -2.41. The summed E-state index contributed by atoms with van der Waals surface area (Å²) in [5.74, 6) is -1.97. The van der Waals surface area contributed by atoms with Crippen molar-refractivity contribution in [2.75, 3.05) is 0 Å². The van der Waals surface area contributed by atoms with Gasteiger partial charge in [-0.25, -0.2) is 14.6 Å². The van der Waals surface area contributed by atoms with Gasteiger partial charge in [-0.15, -0.1) is 6.58 Å². The van der Waals surface area contributed by atoms with Crippen LogP contribution in [0.5, 0.6) is 0 Å². The molecule has 0 fully saturated rings. The number of fused-ring (bicyclic) bond motifs is 1. The van der Waals surface area contributed by atoms with Crippen LogP contribution in [0.15, 0.2) is 28.3 Å². The molecule has 9 heteroatoms. The van der Waals surface area contributed by atoms with Crippen molar-refractivity contribution >= 4 is 22.9 Å². The number of aryl methyl sites for hydroxylation is 1. The molecule has 2 rings (SSSR count). The Morgan fingerprint density at radius 2 is 2.07 bits per heavy atom. The van der Waals surface area contributed by atoms with Gasteiger partial charge in [0.25, 0.3) is 11.5 Å². The van der Waals surface area contributed by atoms with E-state index in [4.69, 9.17) is 0 Å². The number of hydrogen-bond donors (Lipinski definition) is 3. The fourth-order valence-corrected chi connectivity index (χ4v) is 2.84. The highest BCUT2D eigenvalue weighted by Crippen LogP contribution is 2.20. The van der Waals surface area contributed by atoms with Crippen LogP contribution >= 0.6 is 0 Å². The number of aromatic nitrogens is 3. The molecule has 0 saturated heterocycles. The number of nitrogens with zero attached hydrogens (tertiary/aromatic N) is 2. The second-order valence-corrected chi connectivity index (χ2v) is 6.68. The molecule has 0 spiro atoms. The van der Waals surface area contributed by atoms with Crippen LogP contribution in [0, 0.1) is 0 Å². The van der Waals surface area contributed by atoms with Gasteiger partial charge in [0, 0.05) is 12.2 Å². The number of carboxylic acid groups (broad SMARTS) is 1. The monoisotopic (exact) mass is 388 g/mol. The lowest BCUT2D eigenvalue weighted by molar-refractivity contribution is -0.139. The minimum absolute atomic E-state index is 0.0120. The molecule has 1 atom stereocenters. The molecule has 9 nitrogen and oxygen atoms in total. The van der Waals surface area contributed by atoms with E-state index in [-0.39, 0.29) is 35.5 Å². The first-order chi connectivity index (χ1) is 13.2. The van der Waals surface area contributed by atoms with Gasteiger partial charge in [0.1, 0.15) is 6.04 Å². The number of nitrogens with one attached hydrogen (secondary N) is 2. The van der Waals surface area contributed by atoms with Gasteiger partial charge >= 0.3 is 11.7 Å². The number of aromatic amines is 1. The van der Waals surface area contributed by atoms with E-state index in [1.54, 1.807) is 13.0 Å². The number of pyridine rings is 1. The first kappa shape index (κ1) is 21.1. The van der Waals surface area contributed by atoms with Crippen LogP contribution in [0.2, 0.25) is 0 Å². The summed E-state index contributed by atoms with van der Waals surface area (Å²) in [4.78, 5) is 55.5. The quantitative estimate of drug-likeness (QED) is 0.585. The summed E-state index contributed by atoms with van der Waals surface area (Å²) in [5, 5.41) is 11.8. The van der Waals surface area contributed by atoms with Crippen molar-refractivity contribution in [3.63, 3.8) is 0 Å². The van der Waals surface area contributed by atoms with Gasteiger partial charge in [-0.2, -0.15) is 0 Å². The SMILES string of the molecule is C=CCCC(NC(=O)c1cc(C(C)C)nc2c1c(=O)[nH]c(=O)n2CC)C(=O)O. The standard InChI is InChI=1S/C19H24N4O5/c1-5-7-8-12(18(26)27)21-16(24)11-9-13(10(3)4)20-15-14(11)17(25)22-19(28)23(15)6-2/h5,9-10,12H,1,6-8H2,2-4H3,(H,21,24)(H,26,27)(H,22,25,28). The summed E-state index contributed by atoms with van der Waals surface area (Å²) in [6.45, 7) is 9.24. The number of hydrogen-bond acceptors (Lipinski definition) is 5. The van der Waals surface area contributed by atoms with E-state index in [0.29, 0.717) is 12.1 Å². The molecular weight excluding hydrogens is 364 g/mol. The molecule has 28 heavy (non-hydrogen) atoms. The van der Waals surface area contributed by atoms with Crippen LogP contribution in [0.3, 0.4) is 0 Å². The molecule has 2 aromatic rings. The first-order valence-corrected chi connectivity index (χ1v) is 9.03. The Balaban J connectivity index is 2.69. The maximum absolute atomic E-state index is 12.9. The molecule has 1 amide bonds. The maximum Gasteiger partial charge on any atom is 0.329 e. The second kappa shape index (κ2) is 8.64. The minimum Gasteiger partial charge on any atom is -0.480 e. The number of amides is 1. The van der Waals surface area contributed by atoms with Crippen molar-refractivity contribution in [2.45, 2.75) is 52.1 Å². The molecule has 0 bridgehead atoms. The van der Waals surface area contributed by atoms with Gasteiger partial charge in [-0.05, 0) is 31.7 Å². The number of carbonyl (C=O) groups is 2. The molecule has 0 aliphatic heterocycles. The Labute approximate surface area is 161 Å². The average Bonchev–Trinajstić information content (AvgIpc) is 2.63. The molecule has 2 heterocycles. The fourth-order valence-electron chi connectivity index (χ4n) is 2.84. The van der Waals surface area contributed by atoms with Crippen LogP contribution < -0.4 is 16.6 Å². The Hall–Kier alpha value is -3.23. The third-order valence-electron chi connectivity index (χ3n) is 4.38. The van der Waals surface area contributed by atoms with E-state index in [1.165, 1.54) is 10.6 Å². The number of H-pyrrole nitrogens is 1. The predicted molar refractivity (Wildman–Crippen MR) is 105 cm³/mol. The van der Waals surface area contributed by atoms with E-state index in [1.807, 2.05) is 13.8 Å². The summed E-state index contributed by atoms with van der Waals surface area (Å²) >= 11 is 0. The summed E-state index contributed by atoms with van der Waals surface area (Å²) in [7, 11) is 0. The molecule has 1 unspecified atom stereocenters. The van der Waals surface area contributed by atoms with Crippen molar-refractivity contribution in [3.05, 3.63) is 50.8 Å². The Morgan fingerprint density at radius 1 is 1.39 bits per heavy atom. The molecule has 0 saturated carbocycles. The zero-order valence-corrected chi connectivity index (χ0v) is 16.1. The van der Waals surface area contributed by atoms with E-state index in [2.05, 4.69) is 21.9 Å². The number of allylic oxidation sites excluding steroid dienone is 1. The second-order valence-electron chi connectivity index (χ2n) is 6.68. The number of carbonyl (C=O) groups excluding carboxylic acids is 1. The van der Waals surface area contributed by atoms with Gasteiger partial charge in [0.2, 0.25) is 0 Å². The van der Waals surface area contributed by atoms with Crippen LogP contribution in [0.1, 0.15) is 55.6 Å². The number of carboxylic acids is 1. The van der Waals surface area contributed by atoms with E-state index >= 15 is 0 Å². The van der Waals surface area contributed by atoms with Crippen molar-refractivity contribution in [1.82, 2.24) is 19.9 Å². The minimum atomic E-state index is -1.18. The Kier molecular flexibility index (Phi) is 6.50. The molecule has 0 aliphatic carbocycles. The van der Waals surface area contributed by atoms with Crippen LogP contribution in [0.4, 0.5) is 0 Å². The van der Waals surface area contributed by atoms with Gasteiger partial charge in [0.15, 0.2) is 5.65 Å². The zero-order valence-electron chi connectivity index (χ0n) is 16.1. The summed E-state index contributed by atoms with van der Waals surface area (Å²) in [6, 6.07) is 0.335. The topological polar surface area (TPSA) is 134 Å². The summed E-state index contributed by atoms with van der Waals surface area (Å²) in [6.07, 6.45) is 2.13. The van der Waals surface area contributed by atoms with Gasteiger partial charge in [-0.1, -0.05) is 19.9 Å². The number of rotatable bonds is 8. The highest BCUT2D eigenvalue weighted by atomic mass is 16.4. The molecule has 150 valence electrons. The molecule has 2 aromatic heterocycles. The van der Waals surface area contributed by atoms with E-state index < -0.39 is 29.2 Å². The van der Waals surface area contributed by atoms with Crippen molar-refractivity contribution in [3.8, 4) is 0 Å². The molecule has 0 aromatic carbocycles. The normalized spacial score (nSPS) is 12.1. The zero-order chi connectivity index (χ0) is 21.0. The molecule has 0 aliphatic rings. The maximum atomic E-state index is 12.9. The van der Waals surface area contributed by atoms with Crippen molar-refractivity contribution in [2.24, 2.45) is 0 Å². The molecular formula is C19H24N4O5. The van der Waals surface area contributed by atoms with Crippen molar-refractivity contribution in [1.29, 1.82) is 0 Å². The summed E-state index contributed by atoms with van der Waals surface area (Å²) in [5.41, 5.74) is -0.750. The van der Waals surface area contributed by atoms with Crippen LogP contribution in [-0.4, -0.2) is 37.6 Å². The largest absolute Gasteiger partial charge is 0.480 e. The van der Waals surface area contributed by atoms with Gasteiger partial charge in [0.05, 0.1) is 10.9 Å². The smallest absolute Gasteiger partial charge is 0.329 e. The van der Waals surface area contributed by atoms with Crippen LogP contribution in [0.25, 0.3) is 11.0 Å².